The van der Waals surface area contributed by atoms with Crippen molar-refractivity contribution >= 4 is 16.9 Å². The van der Waals surface area contributed by atoms with Crippen molar-refractivity contribution in [2.45, 2.75) is 6.54 Å². The lowest BCUT2D eigenvalue weighted by atomic mass is 10.0. The standard InChI is InChI=1S/C24H18N4O3/c1-31-24(30)18-8-3-5-10-22(18)28-15-17(25-26-28)14-27-20-9-4-2-7-16(20)13-19-21(27)11-6-12-23(19)29/h2-13,15H,14H2,1H3. The first kappa shape index (κ1) is 18.7. The number of esters is 1. The maximum absolute atomic E-state index is 12.5. The van der Waals surface area contributed by atoms with Crippen LogP contribution >= 0.6 is 0 Å². The first-order chi connectivity index (χ1) is 15.2. The molecule has 152 valence electrons. The first-order valence-electron chi connectivity index (χ1n) is 9.76. The van der Waals surface area contributed by atoms with Crippen molar-refractivity contribution in [1.29, 1.82) is 0 Å². The molecule has 0 spiro atoms. The van der Waals surface area contributed by atoms with Gasteiger partial charge in [0.2, 0.25) is 0 Å². The highest BCUT2D eigenvalue weighted by Crippen LogP contribution is 2.27. The van der Waals surface area contributed by atoms with E-state index in [1.54, 1.807) is 41.2 Å². The summed E-state index contributed by atoms with van der Waals surface area (Å²) in [5.74, 6) is -0.440. The quantitative estimate of drug-likeness (QED) is 0.335. The van der Waals surface area contributed by atoms with E-state index in [0.717, 1.165) is 16.6 Å². The van der Waals surface area contributed by atoms with Gasteiger partial charge in [-0.3, -0.25) is 4.79 Å². The molecule has 0 radical (unpaired) electrons. The molecule has 0 unspecified atom stereocenters. The van der Waals surface area contributed by atoms with Crippen LogP contribution < -0.4 is 5.43 Å². The van der Waals surface area contributed by atoms with Crippen LogP contribution in [-0.2, 0) is 11.3 Å². The second-order valence-corrected chi connectivity index (χ2v) is 7.14. The van der Waals surface area contributed by atoms with Gasteiger partial charge in [-0.2, -0.15) is 0 Å². The highest BCUT2D eigenvalue weighted by Gasteiger charge is 2.17. The molecule has 2 aliphatic rings. The van der Waals surface area contributed by atoms with E-state index in [2.05, 4.69) is 14.9 Å². The van der Waals surface area contributed by atoms with Gasteiger partial charge in [-0.1, -0.05) is 41.6 Å². The molecule has 2 heterocycles. The van der Waals surface area contributed by atoms with Gasteiger partial charge in [0.05, 0.1) is 36.8 Å². The fourth-order valence-corrected chi connectivity index (χ4v) is 3.83. The number of methoxy groups -OCH3 is 1. The van der Waals surface area contributed by atoms with Gasteiger partial charge in [0.15, 0.2) is 5.43 Å². The highest BCUT2D eigenvalue weighted by molar-refractivity contribution is 5.93. The molecule has 1 aliphatic heterocycles. The number of rotatable bonds is 4. The second-order valence-electron chi connectivity index (χ2n) is 7.14. The topological polar surface area (TPSA) is 79.0 Å². The van der Waals surface area contributed by atoms with Crippen LogP contribution in [0, 0.1) is 0 Å². The van der Waals surface area contributed by atoms with Crippen molar-refractivity contribution in [2.75, 3.05) is 7.11 Å². The van der Waals surface area contributed by atoms with Gasteiger partial charge in [0, 0.05) is 11.1 Å². The van der Waals surface area contributed by atoms with Gasteiger partial charge >= 0.3 is 5.97 Å². The Balaban J connectivity index is 1.61. The van der Waals surface area contributed by atoms with Gasteiger partial charge in [0.25, 0.3) is 0 Å². The summed E-state index contributed by atoms with van der Waals surface area (Å²) in [6.45, 7) is 0.418. The summed E-state index contributed by atoms with van der Waals surface area (Å²) in [7, 11) is 1.35. The van der Waals surface area contributed by atoms with E-state index in [1.165, 1.54) is 7.11 Å². The van der Waals surface area contributed by atoms with Crippen LogP contribution in [0.3, 0.4) is 0 Å². The first-order valence-corrected chi connectivity index (χ1v) is 9.76. The minimum atomic E-state index is -0.440. The van der Waals surface area contributed by atoms with Crippen molar-refractivity contribution in [3.63, 3.8) is 0 Å². The molecule has 0 N–H and O–H groups in total. The molecule has 1 aromatic heterocycles. The average Bonchev–Trinajstić information content (AvgIpc) is 3.27. The Bertz CT molecular complexity index is 1450. The van der Waals surface area contributed by atoms with Gasteiger partial charge < -0.3 is 9.30 Å². The third kappa shape index (κ3) is 3.26. The molecule has 0 bridgehead atoms. The predicted octanol–water partition coefficient (Wildman–Crippen LogP) is 3.52. The molecule has 7 nitrogen and oxygen atoms in total. The third-order valence-electron chi connectivity index (χ3n) is 5.28. The number of hydrogen-bond donors (Lipinski definition) is 0. The average molecular weight is 410 g/mol. The summed E-state index contributed by atoms with van der Waals surface area (Å²) in [4.78, 5) is 24.6. The monoisotopic (exact) mass is 410 g/mol. The lowest BCUT2D eigenvalue weighted by Gasteiger charge is -2.17. The third-order valence-corrected chi connectivity index (χ3v) is 5.28. The molecule has 1 aliphatic carbocycles. The van der Waals surface area contributed by atoms with Crippen LogP contribution in [0.25, 0.3) is 27.8 Å². The lowest BCUT2D eigenvalue weighted by Crippen LogP contribution is -2.13. The largest absolute Gasteiger partial charge is 0.465 e. The van der Waals surface area contributed by atoms with Crippen molar-refractivity contribution < 1.29 is 9.53 Å². The summed E-state index contributed by atoms with van der Waals surface area (Å²) < 4.78 is 8.50. The Morgan fingerprint density at radius 1 is 1.00 bits per heavy atom. The number of nitrogens with zero attached hydrogens (tertiary/aromatic N) is 4. The number of hydrogen-bond acceptors (Lipinski definition) is 5. The number of pyridine rings is 1. The van der Waals surface area contributed by atoms with Crippen molar-refractivity contribution in [2.24, 2.45) is 0 Å². The number of carbonyl (C=O) groups is 1. The summed E-state index contributed by atoms with van der Waals surface area (Å²) >= 11 is 0. The van der Waals surface area contributed by atoms with Crippen LogP contribution in [0.4, 0.5) is 0 Å². The molecule has 0 atom stereocenters. The Labute approximate surface area is 177 Å². The van der Waals surface area contributed by atoms with E-state index in [4.69, 9.17) is 4.74 Å². The predicted molar refractivity (Wildman–Crippen MR) is 117 cm³/mol. The number of fused-ring (bicyclic) bond motifs is 2. The van der Waals surface area contributed by atoms with E-state index in [1.807, 2.05) is 42.5 Å². The fourth-order valence-electron chi connectivity index (χ4n) is 3.83. The molecule has 0 saturated heterocycles. The van der Waals surface area contributed by atoms with Gasteiger partial charge in [0.1, 0.15) is 5.69 Å². The molecule has 2 aromatic carbocycles. The fraction of sp³-hybridized carbons (Fsp3) is 0.0833. The molecule has 5 rings (SSSR count). The van der Waals surface area contributed by atoms with E-state index in [9.17, 15) is 9.59 Å². The molecule has 0 fully saturated rings. The zero-order chi connectivity index (χ0) is 21.4. The van der Waals surface area contributed by atoms with Crippen LogP contribution in [0.2, 0.25) is 0 Å². The SMILES string of the molecule is COC(=O)c1ccccc1-n1cc(Cn2c3cccc(=O)c-3cc3ccccc32)nn1. The second kappa shape index (κ2) is 7.53. The zero-order valence-electron chi connectivity index (χ0n) is 16.7. The molecular formula is C24H18N4O3. The molecule has 3 aromatic rings. The Morgan fingerprint density at radius 3 is 2.68 bits per heavy atom. The van der Waals surface area contributed by atoms with Crippen molar-refractivity contribution in [3.05, 3.63) is 100 Å². The molecule has 31 heavy (non-hydrogen) atoms. The minimum Gasteiger partial charge on any atom is -0.465 e. The number of benzene rings is 3. The Morgan fingerprint density at radius 2 is 1.81 bits per heavy atom. The van der Waals surface area contributed by atoms with E-state index in [0.29, 0.717) is 29.1 Å². The maximum atomic E-state index is 12.5. The molecule has 7 heteroatoms. The van der Waals surface area contributed by atoms with Gasteiger partial charge in [-0.25, -0.2) is 9.48 Å². The van der Waals surface area contributed by atoms with Crippen molar-refractivity contribution in [1.82, 2.24) is 19.6 Å². The highest BCUT2D eigenvalue weighted by atomic mass is 16.5. The summed E-state index contributed by atoms with van der Waals surface area (Å²) in [5, 5.41) is 9.51. The minimum absolute atomic E-state index is 0.0207. The zero-order valence-corrected chi connectivity index (χ0v) is 16.7. The number of aromatic nitrogens is 4. The maximum Gasteiger partial charge on any atom is 0.340 e. The van der Waals surface area contributed by atoms with Gasteiger partial charge in [-0.15, -0.1) is 5.10 Å². The van der Waals surface area contributed by atoms with Crippen molar-refractivity contribution in [3.8, 4) is 16.9 Å². The summed E-state index contributed by atoms with van der Waals surface area (Å²) in [5.41, 5.74) is 4.14. The van der Waals surface area contributed by atoms with Crippen LogP contribution in [0.1, 0.15) is 16.1 Å². The lowest BCUT2D eigenvalue weighted by molar-refractivity contribution is 0.0600. The Hall–Kier alpha value is -4.26. The number of ether oxygens (including phenoxy) is 1. The van der Waals surface area contributed by atoms with Crippen LogP contribution in [0.15, 0.2) is 83.8 Å². The molecule has 0 amide bonds. The van der Waals surface area contributed by atoms with Gasteiger partial charge in [-0.05, 0) is 41.8 Å². The Kier molecular flexibility index (Phi) is 4.55. The summed E-state index contributed by atoms with van der Waals surface area (Å²) in [6.07, 6.45) is 1.78. The van der Waals surface area contributed by atoms with E-state index < -0.39 is 5.97 Å². The van der Waals surface area contributed by atoms with E-state index in [-0.39, 0.29) is 5.43 Å². The molecule has 0 saturated carbocycles. The smallest absolute Gasteiger partial charge is 0.340 e. The molecular weight excluding hydrogens is 392 g/mol. The summed E-state index contributed by atoms with van der Waals surface area (Å²) in [6, 6.07) is 22.2. The number of para-hydroxylation sites is 2. The normalized spacial score (nSPS) is 11.1. The van der Waals surface area contributed by atoms with Crippen LogP contribution in [0.5, 0.6) is 0 Å². The van der Waals surface area contributed by atoms with E-state index >= 15 is 0 Å². The van der Waals surface area contributed by atoms with Crippen LogP contribution in [-0.4, -0.2) is 32.6 Å². The number of carbonyl (C=O) groups excluding carboxylic acids is 1.